The van der Waals surface area contributed by atoms with Gasteiger partial charge >= 0.3 is 0 Å². The second-order valence-corrected chi connectivity index (χ2v) is 13.8. The molecule has 3 aromatic carbocycles. The topological polar surface area (TPSA) is 86.8 Å². The maximum atomic E-state index is 14.1. The summed E-state index contributed by atoms with van der Waals surface area (Å²) < 4.78 is 29.4. The van der Waals surface area contributed by atoms with E-state index in [1.54, 1.807) is 67.6 Å². The van der Waals surface area contributed by atoms with Crippen LogP contribution in [0.25, 0.3) is 0 Å². The van der Waals surface area contributed by atoms with Crippen LogP contribution in [0.1, 0.15) is 39.7 Å². The van der Waals surface area contributed by atoms with Gasteiger partial charge in [0.15, 0.2) is 0 Å². The number of carbonyl (C=O) groups is 2. The summed E-state index contributed by atoms with van der Waals surface area (Å²) in [5.74, 6) is -0.895. The molecule has 0 aliphatic heterocycles. The predicted molar refractivity (Wildman–Crippen MR) is 164 cm³/mol. The number of nitrogens with zero attached hydrogens (tertiary/aromatic N) is 2. The van der Waals surface area contributed by atoms with E-state index in [1.807, 2.05) is 20.8 Å². The molecular formula is C29H32BrCl2N3O4S. The highest BCUT2D eigenvalue weighted by Gasteiger charge is 2.34. The van der Waals surface area contributed by atoms with Gasteiger partial charge in [-0.15, -0.1) is 0 Å². The molecule has 2 amide bonds. The maximum absolute atomic E-state index is 14.1. The molecule has 1 atom stereocenters. The molecule has 214 valence electrons. The Morgan fingerprint density at radius 1 is 0.950 bits per heavy atom. The Labute approximate surface area is 254 Å². The van der Waals surface area contributed by atoms with Crippen LogP contribution in [0.15, 0.2) is 82.2 Å². The Bertz CT molecular complexity index is 1450. The highest BCUT2D eigenvalue weighted by molar-refractivity contribution is 9.10. The van der Waals surface area contributed by atoms with E-state index < -0.39 is 34.1 Å². The molecule has 11 heteroatoms. The molecule has 0 unspecified atom stereocenters. The minimum Gasteiger partial charge on any atom is -0.350 e. The van der Waals surface area contributed by atoms with Gasteiger partial charge in [0.25, 0.3) is 10.0 Å². The molecule has 0 heterocycles. The van der Waals surface area contributed by atoms with Crippen LogP contribution in [0.2, 0.25) is 10.0 Å². The van der Waals surface area contributed by atoms with Crippen LogP contribution in [0.5, 0.6) is 0 Å². The molecule has 0 fully saturated rings. The summed E-state index contributed by atoms with van der Waals surface area (Å²) in [6.07, 6.45) is 0.304. The Balaban J connectivity index is 2.07. The summed E-state index contributed by atoms with van der Waals surface area (Å²) in [5, 5.41) is 3.61. The smallest absolute Gasteiger partial charge is 0.264 e. The largest absolute Gasteiger partial charge is 0.350 e. The van der Waals surface area contributed by atoms with Crippen molar-refractivity contribution in [1.29, 1.82) is 0 Å². The van der Waals surface area contributed by atoms with Gasteiger partial charge in [-0.05, 0) is 81.3 Å². The zero-order valence-corrected chi connectivity index (χ0v) is 26.6. The monoisotopic (exact) mass is 667 g/mol. The number of sulfonamides is 1. The third-order valence-electron chi connectivity index (χ3n) is 5.95. The van der Waals surface area contributed by atoms with E-state index in [4.69, 9.17) is 23.2 Å². The summed E-state index contributed by atoms with van der Waals surface area (Å²) in [6.45, 7) is 6.85. The molecule has 40 heavy (non-hydrogen) atoms. The summed E-state index contributed by atoms with van der Waals surface area (Å²) in [4.78, 5) is 28.9. The van der Waals surface area contributed by atoms with E-state index in [9.17, 15) is 18.0 Å². The lowest BCUT2D eigenvalue weighted by Gasteiger charge is -2.34. The predicted octanol–water partition coefficient (Wildman–Crippen LogP) is 6.67. The summed E-state index contributed by atoms with van der Waals surface area (Å²) in [5.41, 5.74) is 0.413. The fourth-order valence-electron chi connectivity index (χ4n) is 4.06. The third kappa shape index (κ3) is 8.22. The van der Waals surface area contributed by atoms with E-state index in [2.05, 4.69) is 21.2 Å². The molecule has 0 spiro atoms. The van der Waals surface area contributed by atoms with Gasteiger partial charge in [0.2, 0.25) is 11.8 Å². The number of hydrogen-bond acceptors (Lipinski definition) is 4. The van der Waals surface area contributed by atoms with Crippen molar-refractivity contribution in [2.45, 2.75) is 57.1 Å². The first kappa shape index (κ1) is 31.9. The van der Waals surface area contributed by atoms with Gasteiger partial charge in [-0.2, -0.15) is 0 Å². The molecular weight excluding hydrogens is 637 g/mol. The third-order valence-corrected chi connectivity index (χ3v) is 9.00. The molecule has 0 bridgehead atoms. The Morgan fingerprint density at radius 2 is 1.57 bits per heavy atom. The fraction of sp³-hybridized carbons (Fsp3) is 0.310. The molecule has 0 radical (unpaired) electrons. The number of hydrogen-bond donors (Lipinski definition) is 1. The van der Waals surface area contributed by atoms with E-state index in [-0.39, 0.29) is 17.3 Å². The molecule has 3 aromatic rings. The van der Waals surface area contributed by atoms with Crippen LogP contribution in [0, 0.1) is 0 Å². The molecule has 0 saturated heterocycles. The standard InChI is InChI=1S/C29H32BrCl2N3O4S/c1-5-26(28(37)33-29(2,3)4)34(18-20-11-16-24(31)25(32)17-20)27(36)19-35(22-14-12-21(30)13-15-22)40(38,39)23-9-7-6-8-10-23/h6-17,26H,5,18-19H2,1-4H3,(H,33,37)/t26-/m1/s1. The van der Waals surface area contributed by atoms with Crippen molar-refractivity contribution >= 4 is 66.7 Å². The van der Waals surface area contributed by atoms with Crippen molar-refractivity contribution in [1.82, 2.24) is 10.2 Å². The van der Waals surface area contributed by atoms with Gasteiger partial charge in [-0.3, -0.25) is 13.9 Å². The van der Waals surface area contributed by atoms with Gasteiger partial charge in [0.1, 0.15) is 12.6 Å². The number of carbonyl (C=O) groups excluding carboxylic acids is 2. The minimum absolute atomic E-state index is 0.0192. The first-order valence-electron chi connectivity index (χ1n) is 12.6. The molecule has 1 N–H and O–H groups in total. The second-order valence-electron chi connectivity index (χ2n) is 10.2. The zero-order valence-electron chi connectivity index (χ0n) is 22.7. The van der Waals surface area contributed by atoms with Crippen molar-refractivity contribution in [2.24, 2.45) is 0 Å². The molecule has 0 aliphatic carbocycles. The van der Waals surface area contributed by atoms with Gasteiger partial charge in [-0.25, -0.2) is 8.42 Å². The van der Waals surface area contributed by atoms with Crippen LogP contribution in [-0.4, -0.2) is 43.3 Å². The first-order valence-corrected chi connectivity index (χ1v) is 15.6. The number of rotatable bonds is 10. The van der Waals surface area contributed by atoms with Crippen LogP contribution in [-0.2, 0) is 26.2 Å². The minimum atomic E-state index is -4.13. The lowest BCUT2D eigenvalue weighted by molar-refractivity contribution is -0.141. The van der Waals surface area contributed by atoms with Crippen LogP contribution < -0.4 is 9.62 Å². The maximum Gasteiger partial charge on any atom is 0.264 e. The zero-order chi connectivity index (χ0) is 29.7. The van der Waals surface area contributed by atoms with Crippen molar-refractivity contribution in [3.63, 3.8) is 0 Å². The van der Waals surface area contributed by atoms with Gasteiger partial charge < -0.3 is 10.2 Å². The second kappa shape index (κ2) is 13.4. The van der Waals surface area contributed by atoms with Crippen LogP contribution in [0.3, 0.4) is 0 Å². The van der Waals surface area contributed by atoms with Crippen molar-refractivity contribution in [3.8, 4) is 0 Å². The Hall–Kier alpha value is -2.59. The van der Waals surface area contributed by atoms with E-state index in [0.29, 0.717) is 27.7 Å². The lowest BCUT2D eigenvalue weighted by atomic mass is 10.1. The fourth-order valence-corrected chi connectivity index (χ4v) is 6.08. The quantitative estimate of drug-likeness (QED) is 0.261. The number of amides is 2. The summed E-state index contributed by atoms with van der Waals surface area (Å²) in [7, 11) is -4.13. The van der Waals surface area contributed by atoms with E-state index in [0.717, 1.165) is 8.78 Å². The number of nitrogens with one attached hydrogen (secondary N) is 1. The number of anilines is 1. The van der Waals surface area contributed by atoms with E-state index in [1.165, 1.54) is 17.0 Å². The number of benzene rings is 3. The highest BCUT2D eigenvalue weighted by atomic mass is 79.9. The molecule has 3 rings (SSSR count). The van der Waals surface area contributed by atoms with Gasteiger partial charge in [0.05, 0.1) is 20.6 Å². The molecule has 7 nitrogen and oxygen atoms in total. The van der Waals surface area contributed by atoms with Gasteiger partial charge in [-0.1, -0.05) is 70.3 Å². The van der Waals surface area contributed by atoms with Crippen LogP contribution >= 0.6 is 39.1 Å². The Morgan fingerprint density at radius 3 is 2.12 bits per heavy atom. The van der Waals surface area contributed by atoms with Crippen molar-refractivity contribution in [3.05, 3.63) is 92.9 Å². The molecule has 0 aromatic heterocycles. The average Bonchev–Trinajstić information content (AvgIpc) is 2.89. The van der Waals surface area contributed by atoms with Crippen molar-refractivity contribution in [2.75, 3.05) is 10.8 Å². The van der Waals surface area contributed by atoms with E-state index >= 15 is 0 Å². The van der Waals surface area contributed by atoms with Gasteiger partial charge in [0, 0.05) is 16.6 Å². The average molecular weight is 669 g/mol. The molecule has 0 aliphatic rings. The Kier molecular flexibility index (Phi) is 10.7. The summed E-state index contributed by atoms with van der Waals surface area (Å²) >= 11 is 15.7. The normalized spacial score (nSPS) is 12.5. The number of halogens is 3. The highest BCUT2D eigenvalue weighted by Crippen LogP contribution is 2.27. The first-order chi connectivity index (χ1) is 18.7. The molecule has 0 saturated carbocycles. The van der Waals surface area contributed by atoms with Crippen LogP contribution in [0.4, 0.5) is 5.69 Å². The van der Waals surface area contributed by atoms with Crippen molar-refractivity contribution < 1.29 is 18.0 Å². The lowest BCUT2D eigenvalue weighted by Crippen LogP contribution is -2.55. The summed E-state index contributed by atoms with van der Waals surface area (Å²) in [6, 6.07) is 18.6. The SMILES string of the molecule is CC[C@H](C(=O)NC(C)(C)C)N(Cc1ccc(Cl)c(Cl)c1)C(=O)CN(c1ccc(Br)cc1)S(=O)(=O)c1ccccc1.